The average molecular weight is 346 g/mol. The van der Waals surface area contributed by atoms with Crippen LogP contribution in [0, 0.1) is 17.3 Å². The van der Waals surface area contributed by atoms with E-state index in [1.807, 2.05) is 0 Å². The molecule has 6 heteroatoms. The van der Waals surface area contributed by atoms with E-state index < -0.39 is 29.2 Å². The van der Waals surface area contributed by atoms with Gasteiger partial charge in [0.25, 0.3) is 0 Å². The number of ether oxygens (including phenoxy) is 2. The van der Waals surface area contributed by atoms with Gasteiger partial charge in [-0.25, -0.2) is 0 Å². The molecule has 0 amide bonds. The van der Waals surface area contributed by atoms with Crippen LogP contribution in [0.3, 0.4) is 0 Å². The summed E-state index contributed by atoms with van der Waals surface area (Å²) in [6.07, 6.45) is 0.173. The molecule has 134 valence electrons. The first kappa shape index (κ1) is 18.8. The maximum Gasteiger partial charge on any atom is 0.323 e. The lowest BCUT2D eigenvalue weighted by Gasteiger charge is -2.23. The average Bonchev–Trinajstić information content (AvgIpc) is 3.00. The molecule has 1 saturated carbocycles. The molecule has 0 unspecified atom stereocenters. The molecule has 0 aromatic heterocycles. The van der Waals surface area contributed by atoms with Gasteiger partial charge in [0, 0.05) is 17.9 Å². The molecule has 6 nitrogen and oxygen atoms in total. The monoisotopic (exact) mass is 346 g/mol. The molecule has 2 rings (SSSR count). The Morgan fingerprint density at radius 2 is 1.56 bits per heavy atom. The summed E-state index contributed by atoms with van der Waals surface area (Å²) in [6, 6.07) is 8.66. The minimum Gasteiger partial charge on any atom is -0.468 e. The van der Waals surface area contributed by atoms with E-state index in [2.05, 4.69) is 0 Å². The third-order valence-electron chi connectivity index (χ3n) is 4.85. The lowest BCUT2D eigenvalue weighted by atomic mass is 9.84. The van der Waals surface area contributed by atoms with Gasteiger partial charge >= 0.3 is 11.9 Å². The molecule has 1 fully saturated rings. The normalized spacial score (nSPS) is 21.4. The molecule has 0 radical (unpaired) electrons. The maximum absolute atomic E-state index is 12.9. The fourth-order valence-electron chi connectivity index (χ4n) is 3.73. The van der Waals surface area contributed by atoms with E-state index in [1.54, 1.807) is 30.3 Å². The molecule has 0 N–H and O–H groups in total. The van der Waals surface area contributed by atoms with Crippen LogP contribution in [0.25, 0.3) is 0 Å². The highest BCUT2D eigenvalue weighted by Crippen LogP contribution is 2.49. The maximum atomic E-state index is 12.9. The lowest BCUT2D eigenvalue weighted by Crippen LogP contribution is -2.39. The molecule has 0 spiro atoms. The minimum atomic E-state index is -1.54. The van der Waals surface area contributed by atoms with Crippen molar-refractivity contribution in [3.05, 3.63) is 35.9 Å². The Morgan fingerprint density at radius 1 is 1.00 bits per heavy atom. The number of carbonyl (C=O) groups excluding carboxylic acids is 4. The summed E-state index contributed by atoms with van der Waals surface area (Å²) >= 11 is 0. The first-order valence-corrected chi connectivity index (χ1v) is 8.11. The predicted molar refractivity (Wildman–Crippen MR) is 88.7 cm³/mol. The van der Waals surface area contributed by atoms with Gasteiger partial charge in [-0.05, 0) is 25.7 Å². The molecular weight excluding hydrogens is 324 g/mol. The molecule has 0 saturated heterocycles. The van der Waals surface area contributed by atoms with Gasteiger partial charge in [0.2, 0.25) is 0 Å². The summed E-state index contributed by atoms with van der Waals surface area (Å²) in [5.41, 5.74) is -1.05. The Balaban J connectivity index is 2.42. The number of hydrogen-bond donors (Lipinski definition) is 0. The number of hydrogen-bond acceptors (Lipinski definition) is 6. The van der Waals surface area contributed by atoms with Crippen LogP contribution in [0.1, 0.15) is 36.5 Å². The second-order valence-electron chi connectivity index (χ2n) is 6.48. The van der Waals surface area contributed by atoms with Crippen LogP contribution < -0.4 is 0 Å². The molecule has 25 heavy (non-hydrogen) atoms. The highest BCUT2D eigenvalue weighted by atomic mass is 16.5. The predicted octanol–water partition coefficient (Wildman–Crippen LogP) is 2.21. The van der Waals surface area contributed by atoms with Crippen LogP contribution in [0.2, 0.25) is 0 Å². The van der Waals surface area contributed by atoms with Crippen molar-refractivity contribution in [2.75, 3.05) is 14.2 Å². The van der Waals surface area contributed by atoms with Crippen LogP contribution in [0.15, 0.2) is 30.3 Å². The molecule has 1 aliphatic rings. The van der Waals surface area contributed by atoms with Gasteiger partial charge in [-0.3, -0.25) is 14.4 Å². The van der Waals surface area contributed by atoms with Gasteiger partial charge < -0.3 is 14.3 Å². The van der Waals surface area contributed by atoms with Crippen molar-refractivity contribution < 1.29 is 28.7 Å². The molecule has 0 aliphatic heterocycles. The summed E-state index contributed by atoms with van der Waals surface area (Å²) in [7, 11) is 2.39. The quantitative estimate of drug-likeness (QED) is 0.446. The van der Waals surface area contributed by atoms with E-state index >= 15 is 0 Å². The summed E-state index contributed by atoms with van der Waals surface area (Å²) in [5.74, 6) is -2.76. The number of Topliss-reactive ketones (excluding diaryl/α,β-unsaturated/α-hetero) is 2. The number of carbonyl (C=O) groups is 4. The fourth-order valence-corrected chi connectivity index (χ4v) is 3.73. The van der Waals surface area contributed by atoms with E-state index in [0.29, 0.717) is 5.56 Å². The van der Waals surface area contributed by atoms with Crippen molar-refractivity contribution in [3.8, 4) is 0 Å². The topological polar surface area (TPSA) is 86.7 Å². The zero-order valence-corrected chi connectivity index (χ0v) is 14.6. The summed E-state index contributed by atoms with van der Waals surface area (Å²) in [6.45, 7) is 1.43. The minimum absolute atomic E-state index is 0.0159. The van der Waals surface area contributed by atoms with Gasteiger partial charge in [-0.2, -0.15) is 0 Å². The third kappa shape index (κ3) is 3.62. The summed E-state index contributed by atoms with van der Waals surface area (Å²) in [4.78, 5) is 49.3. The largest absolute Gasteiger partial charge is 0.468 e. The Labute approximate surface area is 146 Å². The summed E-state index contributed by atoms with van der Waals surface area (Å²) < 4.78 is 9.62. The number of ketones is 2. The first-order chi connectivity index (χ1) is 11.9. The van der Waals surface area contributed by atoms with Crippen LogP contribution in [-0.2, 0) is 23.9 Å². The number of methoxy groups -OCH3 is 2. The molecule has 1 aromatic rings. The van der Waals surface area contributed by atoms with Gasteiger partial charge in [0.15, 0.2) is 11.2 Å². The first-order valence-electron chi connectivity index (χ1n) is 8.11. The number of rotatable bonds is 6. The third-order valence-corrected chi connectivity index (χ3v) is 4.85. The van der Waals surface area contributed by atoms with Crippen molar-refractivity contribution in [2.45, 2.75) is 26.2 Å². The second-order valence-corrected chi connectivity index (χ2v) is 6.48. The van der Waals surface area contributed by atoms with Crippen LogP contribution in [-0.4, -0.2) is 37.7 Å². The summed E-state index contributed by atoms with van der Waals surface area (Å²) in [5, 5.41) is 0. The van der Waals surface area contributed by atoms with E-state index in [0.717, 1.165) is 0 Å². The van der Waals surface area contributed by atoms with Gasteiger partial charge in [0.1, 0.15) is 5.78 Å². The zero-order chi connectivity index (χ0) is 18.6. The van der Waals surface area contributed by atoms with E-state index in [4.69, 9.17) is 9.47 Å². The van der Waals surface area contributed by atoms with E-state index in [-0.39, 0.29) is 30.8 Å². The molecule has 0 heterocycles. The van der Waals surface area contributed by atoms with Gasteiger partial charge in [-0.15, -0.1) is 0 Å². The number of benzene rings is 1. The van der Waals surface area contributed by atoms with E-state index in [9.17, 15) is 19.2 Å². The highest BCUT2D eigenvalue weighted by Gasteiger charge is 2.58. The van der Waals surface area contributed by atoms with Gasteiger partial charge in [0.05, 0.1) is 14.2 Å². The molecule has 2 atom stereocenters. The van der Waals surface area contributed by atoms with Crippen molar-refractivity contribution in [1.82, 2.24) is 0 Å². The highest BCUT2D eigenvalue weighted by molar-refractivity contribution is 6.04. The van der Waals surface area contributed by atoms with Gasteiger partial charge in [-0.1, -0.05) is 30.3 Å². The van der Waals surface area contributed by atoms with E-state index in [1.165, 1.54) is 21.1 Å². The number of esters is 2. The molecule has 0 bridgehead atoms. The van der Waals surface area contributed by atoms with Crippen molar-refractivity contribution in [3.63, 3.8) is 0 Å². The Kier molecular flexibility index (Phi) is 5.72. The second kappa shape index (κ2) is 7.59. The zero-order valence-electron chi connectivity index (χ0n) is 14.6. The van der Waals surface area contributed by atoms with Crippen molar-refractivity contribution in [2.24, 2.45) is 17.3 Å². The van der Waals surface area contributed by atoms with Crippen LogP contribution in [0.5, 0.6) is 0 Å². The SMILES string of the molecule is COC(=O)C1(C(=O)OC)C[C@@H](CC(C)=O)[C@H](C(=O)c2ccccc2)C1. The molecular formula is C19H22O6. The Bertz CT molecular complexity index is 662. The molecule has 1 aliphatic carbocycles. The van der Waals surface area contributed by atoms with Crippen LogP contribution >= 0.6 is 0 Å². The fraction of sp³-hybridized carbons (Fsp3) is 0.474. The van der Waals surface area contributed by atoms with Crippen LogP contribution in [0.4, 0.5) is 0 Å². The van der Waals surface area contributed by atoms with Crippen molar-refractivity contribution >= 4 is 23.5 Å². The standard InChI is InChI=1S/C19H22O6/c1-12(20)9-14-10-19(17(22)24-2,18(23)25-3)11-15(14)16(21)13-7-5-4-6-8-13/h4-8,14-15H,9-11H2,1-3H3/t14-,15-/m1/s1. The smallest absolute Gasteiger partial charge is 0.323 e. The van der Waals surface area contributed by atoms with Crippen molar-refractivity contribution in [1.29, 1.82) is 0 Å². The Hall–Kier alpha value is -2.50. The Morgan fingerprint density at radius 3 is 2.04 bits per heavy atom. The lowest BCUT2D eigenvalue weighted by molar-refractivity contribution is -0.169. The molecule has 1 aromatic carbocycles.